The van der Waals surface area contributed by atoms with Crippen molar-refractivity contribution in [2.75, 3.05) is 44.7 Å². The number of morpholine rings is 1. The summed E-state index contributed by atoms with van der Waals surface area (Å²) in [5, 5.41) is 5.93. The highest BCUT2D eigenvalue weighted by molar-refractivity contribution is 6.02. The maximum Gasteiger partial charge on any atom is 0.291 e. The number of amides is 1. The second-order valence-electron chi connectivity index (χ2n) is 6.56. The summed E-state index contributed by atoms with van der Waals surface area (Å²) >= 11 is 0. The van der Waals surface area contributed by atoms with Crippen LogP contribution < -0.4 is 16.4 Å². The number of nitrogens with one attached hydrogen (secondary N) is 2. The lowest BCUT2D eigenvalue weighted by Crippen LogP contribution is -2.39. The molecule has 1 amide bonds. The number of furan rings is 1. The zero-order chi connectivity index (χ0) is 19.6. The van der Waals surface area contributed by atoms with Gasteiger partial charge in [0.05, 0.1) is 26.0 Å². The molecule has 0 bridgehead atoms. The van der Waals surface area contributed by atoms with Crippen LogP contribution in [-0.4, -0.2) is 56.2 Å². The van der Waals surface area contributed by atoms with E-state index in [1.807, 2.05) is 24.3 Å². The molecule has 0 spiro atoms. The number of nitrogens with zero attached hydrogens (tertiary/aromatic N) is 2. The first kappa shape index (κ1) is 19.9. The number of anilines is 1. The predicted molar refractivity (Wildman–Crippen MR) is 108 cm³/mol. The van der Waals surface area contributed by atoms with Crippen molar-refractivity contribution in [1.82, 2.24) is 10.2 Å². The number of carbonyl (C=O) groups is 1. The Balaban J connectivity index is 1.36. The van der Waals surface area contributed by atoms with Crippen LogP contribution in [0.1, 0.15) is 22.5 Å². The van der Waals surface area contributed by atoms with Gasteiger partial charge in [0.2, 0.25) is 0 Å². The van der Waals surface area contributed by atoms with Gasteiger partial charge in [-0.05, 0) is 42.8 Å². The smallest absolute Gasteiger partial charge is 0.291 e. The van der Waals surface area contributed by atoms with Gasteiger partial charge in [0.1, 0.15) is 0 Å². The van der Waals surface area contributed by atoms with Crippen molar-refractivity contribution in [1.29, 1.82) is 0 Å². The van der Waals surface area contributed by atoms with E-state index in [1.165, 1.54) is 6.26 Å². The fourth-order valence-electron chi connectivity index (χ4n) is 2.87. The van der Waals surface area contributed by atoms with Crippen LogP contribution in [0.15, 0.2) is 52.1 Å². The molecule has 0 unspecified atom stereocenters. The summed E-state index contributed by atoms with van der Waals surface area (Å²) in [5.41, 5.74) is 7.63. The molecule has 1 aliphatic rings. The molecule has 8 heteroatoms. The SMILES string of the molecule is NC(=NCc1ccc(NC(=O)c2ccco2)cc1)NCCCN1CCOCC1. The average Bonchev–Trinajstić information content (AvgIpc) is 3.27. The zero-order valence-electron chi connectivity index (χ0n) is 15.9. The Kier molecular flexibility index (Phi) is 7.45. The van der Waals surface area contributed by atoms with Crippen LogP contribution in [0.2, 0.25) is 0 Å². The minimum Gasteiger partial charge on any atom is -0.459 e. The molecule has 8 nitrogen and oxygen atoms in total. The summed E-state index contributed by atoms with van der Waals surface area (Å²) in [5.74, 6) is 0.444. The van der Waals surface area contributed by atoms with Crippen molar-refractivity contribution in [2.45, 2.75) is 13.0 Å². The Morgan fingerprint density at radius 2 is 1.96 bits per heavy atom. The van der Waals surface area contributed by atoms with Crippen molar-refractivity contribution >= 4 is 17.6 Å². The summed E-state index contributed by atoms with van der Waals surface area (Å²) in [6, 6.07) is 10.8. The lowest BCUT2D eigenvalue weighted by atomic mass is 10.2. The first-order valence-corrected chi connectivity index (χ1v) is 9.48. The van der Waals surface area contributed by atoms with Gasteiger partial charge in [-0.2, -0.15) is 0 Å². The van der Waals surface area contributed by atoms with E-state index in [9.17, 15) is 4.79 Å². The molecule has 1 fully saturated rings. The standard InChI is InChI=1S/C20H27N5O3/c21-20(22-8-2-9-25-10-13-27-14-11-25)23-15-16-4-6-17(7-5-16)24-19(26)18-3-1-12-28-18/h1,3-7,12H,2,8-11,13-15H2,(H,24,26)(H3,21,22,23). The van der Waals surface area contributed by atoms with Crippen molar-refractivity contribution in [3.8, 4) is 0 Å². The van der Waals surface area contributed by atoms with Crippen molar-refractivity contribution in [3.63, 3.8) is 0 Å². The normalized spacial score (nSPS) is 15.4. The van der Waals surface area contributed by atoms with E-state index in [0.29, 0.717) is 18.2 Å². The number of guanidine groups is 1. The van der Waals surface area contributed by atoms with Gasteiger partial charge >= 0.3 is 0 Å². The van der Waals surface area contributed by atoms with E-state index < -0.39 is 0 Å². The van der Waals surface area contributed by atoms with Crippen LogP contribution in [0.3, 0.4) is 0 Å². The maximum atomic E-state index is 11.9. The third-order valence-corrected chi connectivity index (χ3v) is 4.45. The Morgan fingerprint density at radius 1 is 1.18 bits per heavy atom. The molecule has 4 N–H and O–H groups in total. The molecule has 1 saturated heterocycles. The first-order chi connectivity index (χ1) is 13.7. The van der Waals surface area contributed by atoms with Gasteiger partial charge in [0.25, 0.3) is 5.91 Å². The zero-order valence-corrected chi connectivity index (χ0v) is 15.9. The highest BCUT2D eigenvalue weighted by Gasteiger charge is 2.09. The number of rotatable bonds is 8. The van der Waals surface area contributed by atoms with Crippen LogP contribution in [0.25, 0.3) is 0 Å². The molecule has 28 heavy (non-hydrogen) atoms. The second kappa shape index (κ2) is 10.5. The summed E-state index contributed by atoms with van der Waals surface area (Å²) in [6.07, 6.45) is 2.48. The molecule has 1 aliphatic heterocycles. The van der Waals surface area contributed by atoms with Gasteiger partial charge in [-0.15, -0.1) is 0 Å². The van der Waals surface area contributed by atoms with Gasteiger partial charge in [-0.25, -0.2) is 4.99 Å². The Hall–Kier alpha value is -2.84. The Bertz CT molecular complexity index is 753. The largest absolute Gasteiger partial charge is 0.459 e. The Morgan fingerprint density at radius 3 is 2.68 bits per heavy atom. The quantitative estimate of drug-likeness (QED) is 0.363. The van der Waals surface area contributed by atoms with E-state index in [4.69, 9.17) is 14.9 Å². The number of carbonyl (C=O) groups excluding carboxylic acids is 1. The minimum absolute atomic E-state index is 0.277. The average molecular weight is 385 g/mol. The lowest BCUT2D eigenvalue weighted by molar-refractivity contribution is 0.0376. The summed E-state index contributed by atoms with van der Waals surface area (Å²) in [6.45, 7) is 5.96. The molecule has 150 valence electrons. The lowest BCUT2D eigenvalue weighted by Gasteiger charge is -2.26. The van der Waals surface area contributed by atoms with Crippen LogP contribution in [-0.2, 0) is 11.3 Å². The molecule has 0 atom stereocenters. The first-order valence-electron chi connectivity index (χ1n) is 9.48. The number of ether oxygens (including phenoxy) is 1. The van der Waals surface area contributed by atoms with E-state index in [-0.39, 0.29) is 11.7 Å². The highest BCUT2D eigenvalue weighted by Crippen LogP contribution is 2.12. The second-order valence-corrected chi connectivity index (χ2v) is 6.56. The highest BCUT2D eigenvalue weighted by atomic mass is 16.5. The molecule has 0 aliphatic carbocycles. The molecule has 3 rings (SSSR count). The van der Waals surface area contributed by atoms with Crippen LogP contribution in [0.4, 0.5) is 5.69 Å². The van der Waals surface area contributed by atoms with Crippen molar-refractivity contribution in [2.24, 2.45) is 10.7 Å². The summed E-state index contributed by atoms with van der Waals surface area (Å²) in [4.78, 5) is 18.7. The molecular formula is C20H27N5O3. The number of aliphatic imine (C=N–C) groups is 1. The monoisotopic (exact) mass is 385 g/mol. The van der Waals surface area contributed by atoms with Gasteiger partial charge in [-0.1, -0.05) is 12.1 Å². The summed E-state index contributed by atoms with van der Waals surface area (Å²) in [7, 11) is 0. The summed E-state index contributed by atoms with van der Waals surface area (Å²) < 4.78 is 10.4. The fourth-order valence-corrected chi connectivity index (χ4v) is 2.87. The molecule has 0 radical (unpaired) electrons. The topological polar surface area (TPSA) is 105 Å². The number of hydrogen-bond donors (Lipinski definition) is 3. The van der Waals surface area contributed by atoms with Crippen molar-refractivity contribution < 1.29 is 13.9 Å². The molecular weight excluding hydrogens is 358 g/mol. The third kappa shape index (κ3) is 6.40. The number of nitrogens with two attached hydrogens (primary N) is 1. The minimum atomic E-state index is -0.277. The van der Waals surface area contributed by atoms with Gasteiger partial charge < -0.3 is 25.5 Å². The van der Waals surface area contributed by atoms with Crippen LogP contribution in [0, 0.1) is 0 Å². The fraction of sp³-hybridized carbons (Fsp3) is 0.400. The molecule has 0 saturated carbocycles. The van der Waals surface area contributed by atoms with Gasteiger partial charge in [0.15, 0.2) is 11.7 Å². The van der Waals surface area contributed by atoms with Crippen molar-refractivity contribution in [3.05, 3.63) is 54.0 Å². The van der Waals surface area contributed by atoms with E-state index in [0.717, 1.165) is 51.4 Å². The maximum absolute atomic E-state index is 11.9. The predicted octanol–water partition coefficient (Wildman–Crippen LogP) is 1.66. The Labute approximate surface area is 164 Å². The van der Waals surface area contributed by atoms with E-state index >= 15 is 0 Å². The van der Waals surface area contributed by atoms with E-state index in [2.05, 4.69) is 20.5 Å². The van der Waals surface area contributed by atoms with Gasteiger partial charge in [-0.3, -0.25) is 9.69 Å². The number of hydrogen-bond acceptors (Lipinski definition) is 5. The molecule has 1 aromatic carbocycles. The van der Waals surface area contributed by atoms with E-state index in [1.54, 1.807) is 12.1 Å². The van der Waals surface area contributed by atoms with Crippen LogP contribution in [0.5, 0.6) is 0 Å². The third-order valence-electron chi connectivity index (χ3n) is 4.45. The molecule has 2 aromatic rings. The number of benzene rings is 1. The van der Waals surface area contributed by atoms with Gasteiger partial charge in [0, 0.05) is 25.3 Å². The molecule has 1 aromatic heterocycles. The molecule has 2 heterocycles. The van der Waals surface area contributed by atoms with Crippen LogP contribution >= 0.6 is 0 Å².